The van der Waals surface area contributed by atoms with E-state index < -0.39 is 6.09 Å². The lowest BCUT2D eigenvalue weighted by molar-refractivity contribution is 0.148. The lowest BCUT2D eigenvalue weighted by Crippen LogP contribution is -2.27. The van der Waals surface area contributed by atoms with Gasteiger partial charge in [-0.2, -0.15) is 0 Å². The molecule has 0 N–H and O–H groups in total. The molecule has 1 heterocycles. The van der Waals surface area contributed by atoms with Gasteiger partial charge in [-0.3, -0.25) is 9.88 Å². The van der Waals surface area contributed by atoms with Crippen LogP contribution in [-0.2, 0) is 11.3 Å². The van der Waals surface area contributed by atoms with E-state index in [9.17, 15) is 4.79 Å². The first kappa shape index (κ1) is 13.5. The van der Waals surface area contributed by atoms with Crippen molar-refractivity contribution in [3.63, 3.8) is 0 Å². The maximum Gasteiger partial charge on any atom is 0.414 e. The fraction of sp³-hybridized carbons (Fsp3) is 0.143. The van der Waals surface area contributed by atoms with Gasteiger partial charge >= 0.3 is 6.09 Å². The Morgan fingerprint density at radius 2 is 2.05 bits per heavy atom. The van der Waals surface area contributed by atoms with E-state index in [-0.39, 0.29) is 6.61 Å². The van der Waals surface area contributed by atoms with Gasteiger partial charge in [0.15, 0.2) is 0 Å². The third kappa shape index (κ3) is 3.79. The Labute approximate surface area is 120 Å². The Hall–Kier alpha value is -1.88. The number of aromatic nitrogens is 1. The standard InChI is InChI=1S/C14H13BrN2O2/c1-17(13-7-12(15)8-16-9-13)14(18)19-10-11-5-3-2-4-6-11/h2-9H,10H2,1H3. The van der Waals surface area contributed by atoms with Crippen molar-refractivity contribution < 1.29 is 9.53 Å². The summed E-state index contributed by atoms with van der Waals surface area (Å²) in [5, 5.41) is 0. The van der Waals surface area contributed by atoms with E-state index in [4.69, 9.17) is 4.74 Å². The Bertz CT molecular complexity index is 560. The lowest BCUT2D eigenvalue weighted by Gasteiger charge is -2.16. The number of carbonyl (C=O) groups excluding carboxylic acids is 1. The number of hydrogen-bond donors (Lipinski definition) is 0. The monoisotopic (exact) mass is 320 g/mol. The van der Waals surface area contributed by atoms with Gasteiger partial charge in [-0.05, 0) is 27.6 Å². The summed E-state index contributed by atoms with van der Waals surface area (Å²) in [5.74, 6) is 0. The van der Waals surface area contributed by atoms with Crippen LogP contribution in [-0.4, -0.2) is 18.1 Å². The predicted octanol–water partition coefficient (Wildman–Crippen LogP) is 3.62. The molecule has 98 valence electrons. The number of benzene rings is 1. The number of nitrogens with zero attached hydrogens (tertiary/aromatic N) is 2. The normalized spacial score (nSPS) is 10.0. The van der Waals surface area contributed by atoms with Crippen LogP contribution in [0.3, 0.4) is 0 Å². The minimum atomic E-state index is -0.413. The average Bonchev–Trinajstić information content (AvgIpc) is 2.45. The maximum atomic E-state index is 11.9. The lowest BCUT2D eigenvalue weighted by atomic mass is 10.2. The number of carbonyl (C=O) groups is 1. The zero-order valence-electron chi connectivity index (χ0n) is 10.4. The van der Waals surface area contributed by atoms with Crippen molar-refractivity contribution in [3.8, 4) is 0 Å². The Morgan fingerprint density at radius 3 is 2.74 bits per heavy atom. The first-order chi connectivity index (χ1) is 9.16. The summed E-state index contributed by atoms with van der Waals surface area (Å²) in [4.78, 5) is 17.3. The topological polar surface area (TPSA) is 42.4 Å². The zero-order chi connectivity index (χ0) is 13.7. The van der Waals surface area contributed by atoms with Gasteiger partial charge in [0.25, 0.3) is 0 Å². The number of amides is 1. The van der Waals surface area contributed by atoms with Crippen LogP contribution in [0.5, 0.6) is 0 Å². The van der Waals surface area contributed by atoms with E-state index in [0.717, 1.165) is 10.0 Å². The smallest absolute Gasteiger partial charge is 0.414 e. The molecule has 1 aromatic carbocycles. The Balaban J connectivity index is 1.96. The van der Waals surface area contributed by atoms with E-state index in [1.54, 1.807) is 25.5 Å². The third-order valence-corrected chi connectivity index (χ3v) is 2.99. The van der Waals surface area contributed by atoms with Crippen molar-refractivity contribution in [3.05, 3.63) is 58.8 Å². The molecule has 2 rings (SSSR count). The van der Waals surface area contributed by atoms with E-state index >= 15 is 0 Å². The largest absolute Gasteiger partial charge is 0.444 e. The van der Waals surface area contributed by atoms with Crippen molar-refractivity contribution in [1.29, 1.82) is 0 Å². The number of pyridine rings is 1. The van der Waals surface area contributed by atoms with Crippen LogP contribution in [0.25, 0.3) is 0 Å². The Morgan fingerprint density at radius 1 is 1.32 bits per heavy atom. The number of halogens is 1. The summed E-state index contributed by atoms with van der Waals surface area (Å²) >= 11 is 3.31. The fourth-order valence-corrected chi connectivity index (χ4v) is 1.86. The quantitative estimate of drug-likeness (QED) is 0.867. The summed E-state index contributed by atoms with van der Waals surface area (Å²) < 4.78 is 6.04. The van der Waals surface area contributed by atoms with Crippen LogP contribution in [0, 0.1) is 0 Å². The molecular weight excluding hydrogens is 308 g/mol. The summed E-state index contributed by atoms with van der Waals surface area (Å²) in [5.41, 5.74) is 1.63. The highest BCUT2D eigenvalue weighted by atomic mass is 79.9. The molecule has 2 aromatic rings. The van der Waals surface area contributed by atoms with Crippen molar-refractivity contribution in [2.24, 2.45) is 0 Å². The molecule has 0 aliphatic heterocycles. The first-order valence-electron chi connectivity index (χ1n) is 5.72. The second-order valence-electron chi connectivity index (χ2n) is 3.96. The van der Waals surface area contributed by atoms with E-state index in [2.05, 4.69) is 20.9 Å². The number of rotatable bonds is 3. The molecule has 5 heteroatoms. The van der Waals surface area contributed by atoms with Crippen LogP contribution in [0.2, 0.25) is 0 Å². The minimum Gasteiger partial charge on any atom is -0.444 e. The van der Waals surface area contributed by atoms with Crippen LogP contribution in [0.1, 0.15) is 5.56 Å². The van der Waals surface area contributed by atoms with Crippen LogP contribution in [0.4, 0.5) is 10.5 Å². The van der Waals surface area contributed by atoms with Gasteiger partial charge in [-0.25, -0.2) is 4.79 Å². The summed E-state index contributed by atoms with van der Waals surface area (Å²) in [6.45, 7) is 0.255. The molecule has 0 saturated heterocycles. The van der Waals surface area contributed by atoms with Gasteiger partial charge in [0, 0.05) is 17.7 Å². The highest BCUT2D eigenvalue weighted by molar-refractivity contribution is 9.10. The molecule has 19 heavy (non-hydrogen) atoms. The molecular formula is C14H13BrN2O2. The molecule has 0 bridgehead atoms. The second kappa shape index (κ2) is 6.33. The average molecular weight is 321 g/mol. The third-order valence-electron chi connectivity index (χ3n) is 2.56. The first-order valence-corrected chi connectivity index (χ1v) is 6.51. The summed E-state index contributed by atoms with van der Waals surface area (Å²) in [7, 11) is 1.65. The van der Waals surface area contributed by atoms with Crippen molar-refractivity contribution in [1.82, 2.24) is 4.98 Å². The molecule has 0 spiro atoms. The van der Waals surface area contributed by atoms with Crippen molar-refractivity contribution in [2.75, 3.05) is 11.9 Å². The summed E-state index contributed by atoms with van der Waals surface area (Å²) in [6, 6.07) is 11.4. The van der Waals surface area contributed by atoms with Crippen LogP contribution >= 0.6 is 15.9 Å². The second-order valence-corrected chi connectivity index (χ2v) is 4.88. The molecule has 0 radical (unpaired) electrons. The molecule has 0 fully saturated rings. The molecule has 0 atom stereocenters. The Kier molecular flexibility index (Phi) is 4.52. The molecule has 0 aliphatic carbocycles. The predicted molar refractivity (Wildman–Crippen MR) is 77.0 cm³/mol. The number of ether oxygens (including phenoxy) is 1. The van der Waals surface area contributed by atoms with E-state index in [1.807, 2.05) is 30.3 Å². The molecule has 0 aliphatic rings. The van der Waals surface area contributed by atoms with Gasteiger partial charge in [0.05, 0.1) is 11.9 Å². The maximum absolute atomic E-state index is 11.9. The SMILES string of the molecule is CN(C(=O)OCc1ccccc1)c1cncc(Br)c1. The van der Waals surface area contributed by atoms with Gasteiger partial charge in [0.1, 0.15) is 6.61 Å². The van der Waals surface area contributed by atoms with Crippen LogP contribution < -0.4 is 4.90 Å². The molecule has 0 saturated carbocycles. The van der Waals surface area contributed by atoms with Gasteiger partial charge in [0.2, 0.25) is 0 Å². The molecule has 1 aromatic heterocycles. The van der Waals surface area contributed by atoms with E-state index in [0.29, 0.717) is 5.69 Å². The minimum absolute atomic E-state index is 0.255. The van der Waals surface area contributed by atoms with Gasteiger partial charge < -0.3 is 4.74 Å². The molecule has 0 unspecified atom stereocenters. The van der Waals surface area contributed by atoms with Crippen molar-refractivity contribution in [2.45, 2.75) is 6.61 Å². The zero-order valence-corrected chi connectivity index (χ0v) is 12.0. The highest BCUT2D eigenvalue weighted by Gasteiger charge is 2.12. The van der Waals surface area contributed by atoms with Gasteiger partial charge in [-0.15, -0.1) is 0 Å². The number of anilines is 1. The summed E-state index contributed by atoms with van der Waals surface area (Å²) in [6.07, 6.45) is 2.85. The van der Waals surface area contributed by atoms with Crippen LogP contribution in [0.15, 0.2) is 53.3 Å². The fourth-order valence-electron chi connectivity index (χ4n) is 1.51. The van der Waals surface area contributed by atoms with Gasteiger partial charge in [-0.1, -0.05) is 30.3 Å². The number of hydrogen-bond acceptors (Lipinski definition) is 3. The van der Waals surface area contributed by atoms with E-state index in [1.165, 1.54) is 4.90 Å². The molecule has 4 nitrogen and oxygen atoms in total. The van der Waals surface area contributed by atoms with Crippen molar-refractivity contribution >= 4 is 27.7 Å². The molecule has 1 amide bonds. The highest BCUT2D eigenvalue weighted by Crippen LogP contribution is 2.18.